The minimum atomic E-state index is 0.754. The quantitative estimate of drug-likeness (QED) is 0.473. The molecule has 0 radical (unpaired) electrons. The van der Waals surface area contributed by atoms with Crippen molar-refractivity contribution >= 4 is 17.0 Å². The average molecular weight is 357 g/mol. The van der Waals surface area contributed by atoms with Gasteiger partial charge in [-0.05, 0) is 64.4 Å². The van der Waals surface area contributed by atoms with Crippen LogP contribution in [0.2, 0.25) is 0 Å². The third-order valence-electron chi connectivity index (χ3n) is 5.32. The Bertz CT molecular complexity index is 727. The van der Waals surface area contributed by atoms with E-state index in [9.17, 15) is 0 Å². The molecular formula is C20H32N6. The van der Waals surface area contributed by atoms with Crippen molar-refractivity contribution in [3.8, 4) is 0 Å². The highest BCUT2D eigenvalue weighted by molar-refractivity contribution is 5.79. The summed E-state index contributed by atoms with van der Waals surface area (Å²) < 4.78 is 2.30. The maximum Gasteiger partial charge on any atom is 0.190 e. The smallest absolute Gasteiger partial charge is 0.190 e. The van der Waals surface area contributed by atoms with Gasteiger partial charge in [0.25, 0.3) is 0 Å². The Morgan fingerprint density at radius 2 is 2.00 bits per heavy atom. The molecule has 0 saturated carbocycles. The number of hydrogen-bond acceptors (Lipinski definition) is 3. The molecular weight excluding hydrogens is 324 g/mol. The van der Waals surface area contributed by atoms with Crippen molar-refractivity contribution in [2.45, 2.75) is 32.7 Å². The lowest BCUT2D eigenvalue weighted by Crippen LogP contribution is -2.42. The van der Waals surface area contributed by atoms with Crippen molar-refractivity contribution in [3.63, 3.8) is 0 Å². The van der Waals surface area contributed by atoms with Gasteiger partial charge in [0, 0.05) is 26.7 Å². The Labute approximate surface area is 156 Å². The fourth-order valence-corrected chi connectivity index (χ4v) is 3.65. The Kier molecular flexibility index (Phi) is 6.50. The molecule has 0 atom stereocenters. The number of fused-ring (bicyclic) bond motifs is 1. The number of para-hydroxylation sites is 2. The van der Waals surface area contributed by atoms with Crippen LogP contribution in [0.3, 0.4) is 0 Å². The molecule has 1 fully saturated rings. The van der Waals surface area contributed by atoms with E-state index < -0.39 is 0 Å². The molecule has 2 heterocycles. The molecule has 2 N–H and O–H groups in total. The van der Waals surface area contributed by atoms with Gasteiger partial charge in [-0.1, -0.05) is 12.1 Å². The molecule has 1 saturated heterocycles. The van der Waals surface area contributed by atoms with Gasteiger partial charge in [0.2, 0.25) is 0 Å². The lowest BCUT2D eigenvalue weighted by molar-refractivity contribution is 0.220. The van der Waals surface area contributed by atoms with Crippen molar-refractivity contribution in [3.05, 3.63) is 30.1 Å². The third-order valence-corrected chi connectivity index (χ3v) is 5.32. The highest BCUT2D eigenvalue weighted by atomic mass is 15.2. The molecule has 1 aromatic carbocycles. The molecule has 1 aromatic heterocycles. The number of piperidine rings is 1. The lowest BCUT2D eigenvalue weighted by atomic mass is 9.97. The van der Waals surface area contributed by atoms with E-state index in [1.54, 1.807) is 0 Å². The van der Waals surface area contributed by atoms with Gasteiger partial charge in [0.15, 0.2) is 5.96 Å². The van der Waals surface area contributed by atoms with Gasteiger partial charge in [-0.25, -0.2) is 4.98 Å². The van der Waals surface area contributed by atoms with Gasteiger partial charge in [0.05, 0.1) is 11.0 Å². The van der Waals surface area contributed by atoms with Crippen molar-refractivity contribution in [1.82, 2.24) is 25.1 Å². The predicted molar refractivity (Wildman–Crippen MR) is 109 cm³/mol. The van der Waals surface area contributed by atoms with E-state index in [0.29, 0.717) is 0 Å². The number of nitrogens with one attached hydrogen (secondary N) is 2. The van der Waals surface area contributed by atoms with E-state index in [1.165, 1.54) is 31.4 Å². The molecule has 6 heteroatoms. The van der Waals surface area contributed by atoms with Crippen molar-refractivity contribution in [2.24, 2.45) is 10.9 Å². The maximum atomic E-state index is 4.63. The molecule has 3 rings (SSSR count). The molecule has 6 nitrogen and oxygen atoms in total. The second-order valence-corrected chi connectivity index (χ2v) is 7.28. The topological polar surface area (TPSA) is 57.5 Å². The van der Waals surface area contributed by atoms with Crippen LogP contribution < -0.4 is 10.6 Å². The number of aryl methyl sites for hydroxylation is 2. The Morgan fingerprint density at radius 1 is 1.23 bits per heavy atom. The van der Waals surface area contributed by atoms with E-state index in [4.69, 9.17) is 0 Å². The van der Waals surface area contributed by atoms with Gasteiger partial charge >= 0.3 is 0 Å². The Hall–Kier alpha value is -2.08. The van der Waals surface area contributed by atoms with E-state index >= 15 is 0 Å². The van der Waals surface area contributed by atoms with Crippen LogP contribution in [0.4, 0.5) is 0 Å². The zero-order valence-corrected chi connectivity index (χ0v) is 16.3. The van der Waals surface area contributed by atoms with Crippen LogP contribution in [0.1, 0.15) is 25.1 Å². The van der Waals surface area contributed by atoms with E-state index in [2.05, 4.69) is 62.2 Å². The van der Waals surface area contributed by atoms with Crippen LogP contribution in [-0.4, -0.2) is 60.7 Å². The second-order valence-electron chi connectivity index (χ2n) is 7.28. The molecule has 2 aromatic rings. The first-order valence-electron chi connectivity index (χ1n) is 9.72. The summed E-state index contributed by atoms with van der Waals surface area (Å²) >= 11 is 0. The molecule has 142 valence electrons. The zero-order valence-electron chi connectivity index (χ0n) is 16.3. The van der Waals surface area contributed by atoms with Crippen LogP contribution in [0.15, 0.2) is 29.3 Å². The number of nitrogens with zero attached hydrogens (tertiary/aromatic N) is 4. The Balaban J connectivity index is 1.41. The number of hydrogen-bond donors (Lipinski definition) is 2. The average Bonchev–Trinajstić information content (AvgIpc) is 2.98. The first-order valence-corrected chi connectivity index (χ1v) is 9.72. The molecule has 0 aliphatic carbocycles. The second kappa shape index (κ2) is 9.03. The number of guanidine groups is 1. The van der Waals surface area contributed by atoms with Gasteiger partial charge in [-0.3, -0.25) is 4.99 Å². The van der Waals surface area contributed by atoms with Crippen LogP contribution >= 0.6 is 0 Å². The molecule has 0 spiro atoms. The van der Waals surface area contributed by atoms with Gasteiger partial charge < -0.3 is 20.1 Å². The summed E-state index contributed by atoms with van der Waals surface area (Å²) in [4.78, 5) is 11.4. The summed E-state index contributed by atoms with van der Waals surface area (Å²) in [5.74, 6) is 2.75. The minimum Gasteiger partial charge on any atom is -0.356 e. The maximum absolute atomic E-state index is 4.63. The standard InChI is InChI=1S/C20H32N6/c1-16-24-18-7-4-5-8-19(18)26(16)12-6-11-22-20(21-2)23-15-17-9-13-25(3)14-10-17/h4-5,7-8,17H,6,9-15H2,1-3H3,(H2,21,22,23). The molecule has 0 amide bonds. The number of likely N-dealkylation sites (tertiary alicyclic amines) is 1. The minimum absolute atomic E-state index is 0.754. The summed E-state index contributed by atoms with van der Waals surface area (Å²) in [5, 5.41) is 6.93. The van der Waals surface area contributed by atoms with Crippen molar-refractivity contribution < 1.29 is 0 Å². The molecule has 0 unspecified atom stereocenters. The highest BCUT2D eigenvalue weighted by Crippen LogP contribution is 2.16. The SMILES string of the molecule is CN=C(NCCCn1c(C)nc2ccccc21)NCC1CCN(C)CC1. The monoisotopic (exact) mass is 356 g/mol. The number of imidazole rings is 1. The first kappa shape index (κ1) is 18.7. The Morgan fingerprint density at radius 3 is 2.77 bits per heavy atom. The fourth-order valence-electron chi connectivity index (χ4n) is 3.65. The normalized spacial score (nSPS) is 17.0. The predicted octanol–water partition coefficient (Wildman–Crippen LogP) is 2.24. The third kappa shape index (κ3) is 4.75. The highest BCUT2D eigenvalue weighted by Gasteiger charge is 2.16. The first-order chi connectivity index (χ1) is 12.7. The van der Waals surface area contributed by atoms with Crippen LogP contribution in [0.25, 0.3) is 11.0 Å². The van der Waals surface area contributed by atoms with E-state index in [-0.39, 0.29) is 0 Å². The van der Waals surface area contributed by atoms with Crippen molar-refractivity contribution in [1.29, 1.82) is 0 Å². The van der Waals surface area contributed by atoms with E-state index in [1.807, 2.05) is 13.1 Å². The summed E-state index contributed by atoms with van der Waals surface area (Å²) in [6.07, 6.45) is 3.58. The van der Waals surface area contributed by atoms with Crippen molar-refractivity contribution in [2.75, 3.05) is 40.3 Å². The number of aliphatic imine (C=N–C) groups is 1. The molecule has 0 bridgehead atoms. The molecule has 1 aliphatic heterocycles. The number of rotatable bonds is 6. The largest absolute Gasteiger partial charge is 0.356 e. The van der Waals surface area contributed by atoms with Crippen LogP contribution in [0, 0.1) is 12.8 Å². The van der Waals surface area contributed by atoms with Gasteiger partial charge in [-0.15, -0.1) is 0 Å². The molecule has 26 heavy (non-hydrogen) atoms. The zero-order chi connectivity index (χ0) is 18.4. The van der Waals surface area contributed by atoms with Crippen LogP contribution in [0.5, 0.6) is 0 Å². The van der Waals surface area contributed by atoms with Gasteiger partial charge in [-0.2, -0.15) is 0 Å². The summed E-state index contributed by atoms with van der Waals surface area (Å²) in [5.41, 5.74) is 2.29. The molecule has 1 aliphatic rings. The number of aromatic nitrogens is 2. The lowest BCUT2D eigenvalue weighted by Gasteiger charge is -2.29. The summed E-state index contributed by atoms with van der Waals surface area (Å²) in [7, 11) is 4.05. The van der Waals surface area contributed by atoms with Gasteiger partial charge in [0.1, 0.15) is 5.82 Å². The fraction of sp³-hybridized carbons (Fsp3) is 0.600. The summed E-state index contributed by atoms with van der Waals surface area (Å²) in [6, 6.07) is 8.34. The number of benzene rings is 1. The van der Waals surface area contributed by atoms with E-state index in [0.717, 1.165) is 49.3 Å². The summed E-state index contributed by atoms with van der Waals surface area (Å²) in [6.45, 7) is 7.37. The van der Waals surface area contributed by atoms with Crippen LogP contribution in [-0.2, 0) is 6.54 Å².